The number of rotatable bonds is 5. The zero-order valence-corrected chi connectivity index (χ0v) is 12.3. The van der Waals surface area contributed by atoms with Crippen molar-refractivity contribution in [1.82, 2.24) is 15.1 Å². The second-order valence-electron chi connectivity index (χ2n) is 5.76. The molecule has 7 heteroatoms. The second-order valence-corrected chi connectivity index (χ2v) is 5.76. The van der Waals surface area contributed by atoms with E-state index in [9.17, 15) is 4.79 Å². The van der Waals surface area contributed by atoms with Crippen molar-refractivity contribution in [2.45, 2.75) is 39.2 Å². The molecule has 2 heterocycles. The largest absolute Gasteiger partial charge is 0.408 e. The molecular formula is C13H23N5O2. The third kappa shape index (κ3) is 3.55. The number of carbonyl (C=O) groups excluding carboxylic acids is 1. The average molecular weight is 281 g/mol. The molecule has 7 nitrogen and oxygen atoms in total. The summed E-state index contributed by atoms with van der Waals surface area (Å²) in [5, 5.41) is 10.3. The summed E-state index contributed by atoms with van der Waals surface area (Å²) in [7, 11) is 0. The lowest BCUT2D eigenvalue weighted by atomic mass is 10.1. The van der Waals surface area contributed by atoms with E-state index in [0.29, 0.717) is 30.9 Å². The normalized spacial score (nSPS) is 23.4. The summed E-state index contributed by atoms with van der Waals surface area (Å²) in [4.78, 5) is 14.1. The Morgan fingerprint density at radius 3 is 2.85 bits per heavy atom. The number of likely N-dealkylation sites (tertiary alicyclic amines) is 1. The van der Waals surface area contributed by atoms with Gasteiger partial charge in [0.25, 0.3) is 0 Å². The lowest BCUT2D eigenvalue weighted by Gasteiger charge is -2.19. The third-order valence-electron chi connectivity index (χ3n) is 3.65. The molecule has 2 unspecified atom stereocenters. The SMILES string of the molecule is CC(C)c1nnc(NC(=O)CN2CC(CN)CC2C)o1. The number of aromatic nitrogens is 2. The van der Waals surface area contributed by atoms with E-state index in [4.69, 9.17) is 10.2 Å². The molecule has 1 saturated heterocycles. The number of hydrogen-bond donors (Lipinski definition) is 2. The molecule has 0 aliphatic carbocycles. The highest BCUT2D eigenvalue weighted by atomic mass is 16.4. The summed E-state index contributed by atoms with van der Waals surface area (Å²) in [5.41, 5.74) is 5.68. The van der Waals surface area contributed by atoms with Crippen LogP contribution in [0.5, 0.6) is 0 Å². The van der Waals surface area contributed by atoms with E-state index in [-0.39, 0.29) is 17.8 Å². The van der Waals surface area contributed by atoms with Crippen LogP contribution < -0.4 is 11.1 Å². The maximum absolute atomic E-state index is 12.0. The molecule has 0 bridgehead atoms. The van der Waals surface area contributed by atoms with Gasteiger partial charge in [0.05, 0.1) is 6.54 Å². The molecule has 1 fully saturated rings. The Kier molecular flexibility index (Phi) is 4.72. The molecular weight excluding hydrogens is 258 g/mol. The van der Waals surface area contributed by atoms with Crippen LogP contribution in [-0.2, 0) is 4.79 Å². The molecule has 1 aromatic rings. The van der Waals surface area contributed by atoms with Gasteiger partial charge in [-0.1, -0.05) is 18.9 Å². The zero-order valence-electron chi connectivity index (χ0n) is 12.3. The first-order chi connectivity index (χ1) is 9.49. The Morgan fingerprint density at radius 1 is 1.55 bits per heavy atom. The van der Waals surface area contributed by atoms with Crippen LogP contribution in [-0.4, -0.2) is 46.7 Å². The summed E-state index contributed by atoms with van der Waals surface area (Å²) >= 11 is 0. The minimum Gasteiger partial charge on any atom is -0.408 e. The molecule has 1 aromatic heterocycles. The molecule has 2 rings (SSSR count). The first kappa shape index (κ1) is 14.9. The summed E-state index contributed by atoms with van der Waals surface area (Å²) < 4.78 is 5.36. The van der Waals surface area contributed by atoms with E-state index >= 15 is 0 Å². The number of carbonyl (C=O) groups is 1. The van der Waals surface area contributed by atoms with Crippen LogP contribution in [0.1, 0.15) is 39.0 Å². The fourth-order valence-corrected chi connectivity index (χ4v) is 2.47. The highest BCUT2D eigenvalue weighted by Crippen LogP contribution is 2.21. The number of amides is 1. The predicted octanol–water partition coefficient (Wildman–Crippen LogP) is 0.801. The van der Waals surface area contributed by atoms with Crippen molar-refractivity contribution >= 4 is 11.9 Å². The van der Waals surface area contributed by atoms with Crippen molar-refractivity contribution in [2.75, 3.05) is 25.0 Å². The zero-order chi connectivity index (χ0) is 14.7. The predicted molar refractivity (Wildman–Crippen MR) is 75.2 cm³/mol. The van der Waals surface area contributed by atoms with E-state index < -0.39 is 0 Å². The standard InChI is InChI=1S/C13H23N5O2/c1-8(2)12-16-17-13(20-12)15-11(19)7-18-6-10(5-14)4-9(18)3/h8-10H,4-7,14H2,1-3H3,(H,15,17,19). The summed E-state index contributed by atoms with van der Waals surface area (Å²) in [6.45, 7) is 7.90. The fourth-order valence-electron chi connectivity index (χ4n) is 2.47. The highest BCUT2D eigenvalue weighted by molar-refractivity contribution is 5.90. The first-order valence-corrected chi connectivity index (χ1v) is 7.07. The van der Waals surface area contributed by atoms with Crippen LogP contribution in [0.25, 0.3) is 0 Å². The molecule has 1 aliphatic heterocycles. The minimum atomic E-state index is -0.131. The van der Waals surface area contributed by atoms with E-state index in [0.717, 1.165) is 13.0 Å². The number of nitrogens with one attached hydrogen (secondary N) is 1. The molecule has 2 atom stereocenters. The highest BCUT2D eigenvalue weighted by Gasteiger charge is 2.29. The lowest BCUT2D eigenvalue weighted by Crippen LogP contribution is -2.36. The van der Waals surface area contributed by atoms with Gasteiger partial charge in [-0.15, -0.1) is 5.10 Å². The van der Waals surface area contributed by atoms with E-state index in [1.165, 1.54) is 0 Å². The van der Waals surface area contributed by atoms with Gasteiger partial charge in [-0.05, 0) is 25.8 Å². The number of nitrogens with two attached hydrogens (primary N) is 1. The van der Waals surface area contributed by atoms with E-state index in [1.807, 2.05) is 13.8 Å². The van der Waals surface area contributed by atoms with Crippen LogP contribution >= 0.6 is 0 Å². The van der Waals surface area contributed by atoms with Crippen molar-refractivity contribution in [3.63, 3.8) is 0 Å². The second kappa shape index (κ2) is 6.32. The topological polar surface area (TPSA) is 97.3 Å². The van der Waals surface area contributed by atoms with Gasteiger partial charge in [-0.2, -0.15) is 0 Å². The van der Waals surface area contributed by atoms with Crippen molar-refractivity contribution < 1.29 is 9.21 Å². The molecule has 20 heavy (non-hydrogen) atoms. The van der Waals surface area contributed by atoms with Gasteiger partial charge in [0.1, 0.15) is 0 Å². The van der Waals surface area contributed by atoms with E-state index in [1.54, 1.807) is 0 Å². The van der Waals surface area contributed by atoms with E-state index in [2.05, 4.69) is 27.3 Å². The molecule has 0 saturated carbocycles. The summed E-state index contributed by atoms with van der Waals surface area (Å²) in [6.07, 6.45) is 1.04. The van der Waals surface area contributed by atoms with Gasteiger partial charge in [0.15, 0.2) is 0 Å². The van der Waals surface area contributed by atoms with Crippen LogP contribution in [0.2, 0.25) is 0 Å². The smallest absolute Gasteiger partial charge is 0.322 e. The van der Waals surface area contributed by atoms with Gasteiger partial charge < -0.3 is 10.2 Å². The molecule has 1 amide bonds. The Labute approximate surface area is 118 Å². The average Bonchev–Trinajstić information content (AvgIpc) is 2.97. The Hall–Kier alpha value is -1.47. The van der Waals surface area contributed by atoms with Crippen molar-refractivity contribution in [2.24, 2.45) is 11.7 Å². The maximum atomic E-state index is 12.0. The Bertz CT molecular complexity index is 459. The third-order valence-corrected chi connectivity index (χ3v) is 3.65. The van der Waals surface area contributed by atoms with Crippen LogP contribution in [0.3, 0.4) is 0 Å². The van der Waals surface area contributed by atoms with Crippen molar-refractivity contribution in [1.29, 1.82) is 0 Å². The summed E-state index contributed by atoms with van der Waals surface area (Å²) in [5.74, 6) is 1.03. The first-order valence-electron chi connectivity index (χ1n) is 7.07. The number of nitrogens with zero attached hydrogens (tertiary/aromatic N) is 3. The maximum Gasteiger partial charge on any atom is 0.322 e. The minimum absolute atomic E-state index is 0.131. The quantitative estimate of drug-likeness (QED) is 0.828. The van der Waals surface area contributed by atoms with Crippen LogP contribution in [0, 0.1) is 5.92 Å². The van der Waals surface area contributed by atoms with Gasteiger partial charge in [-0.25, -0.2) is 0 Å². The van der Waals surface area contributed by atoms with Crippen molar-refractivity contribution in [3.8, 4) is 0 Å². The number of anilines is 1. The molecule has 1 aliphatic rings. The lowest BCUT2D eigenvalue weighted by molar-refractivity contribution is -0.117. The Balaban J connectivity index is 1.86. The molecule has 0 aromatic carbocycles. The van der Waals surface area contributed by atoms with Crippen LogP contribution in [0.15, 0.2) is 4.42 Å². The fraction of sp³-hybridized carbons (Fsp3) is 0.769. The molecule has 112 valence electrons. The van der Waals surface area contributed by atoms with Gasteiger partial charge in [0.2, 0.25) is 11.8 Å². The monoisotopic (exact) mass is 281 g/mol. The summed E-state index contributed by atoms with van der Waals surface area (Å²) in [6, 6.07) is 0.545. The molecule has 0 spiro atoms. The number of hydrogen-bond acceptors (Lipinski definition) is 6. The molecule has 0 radical (unpaired) electrons. The Morgan fingerprint density at radius 2 is 2.30 bits per heavy atom. The van der Waals surface area contributed by atoms with Gasteiger partial charge >= 0.3 is 6.01 Å². The van der Waals surface area contributed by atoms with Crippen LogP contribution in [0.4, 0.5) is 6.01 Å². The molecule has 3 N–H and O–H groups in total. The van der Waals surface area contributed by atoms with Crippen molar-refractivity contribution in [3.05, 3.63) is 5.89 Å². The van der Waals surface area contributed by atoms with Gasteiger partial charge in [0, 0.05) is 18.5 Å². The van der Waals surface area contributed by atoms with Gasteiger partial charge in [-0.3, -0.25) is 15.0 Å².